The van der Waals surface area contributed by atoms with Crippen molar-refractivity contribution in [3.05, 3.63) is 45.0 Å². The van der Waals surface area contributed by atoms with Crippen LogP contribution in [0.3, 0.4) is 0 Å². The van der Waals surface area contributed by atoms with Gasteiger partial charge in [-0.2, -0.15) is 0 Å². The van der Waals surface area contributed by atoms with Crippen LogP contribution in [-0.4, -0.2) is 11.1 Å². The molecule has 0 spiro atoms. The minimum Gasteiger partial charge on any atom is -0.477 e. The van der Waals surface area contributed by atoms with E-state index in [2.05, 4.69) is 12.2 Å². The van der Waals surface area contributed by atoms with Crippen molar-refractivity contribution in [2.75, 3.05) is 0 Å². The van der Waals surface area contributed by atoms with E-state index in [9.17, 15) is 4.79 Å². The standard InChI is InChI=1S/C14H17NO3S/c1-8-6-12(10(3)18-8)9(2)15-7-11-4-5-13(19-11)14(16)17/h4-6,9,15H,7H2,1-3H3,(H,16,17). The van der Waals surface area contributed by atoms with Crippen LogP contribution in [0.25, 0.3) is 0 Å². The van der Waals surface area contributed by atoms with E-state index < -0.39 is 5.97 Å². The van der Waals surface area contributed by atoms with Gasteiger partial charge in [-0.15, -0.1) is 11.3 Å². The molecule has 2 aromatic rings. The monoisotopic (exact) mass is 279 g/mol. The van der Waals surface area contributed by atoms with Crippen molar-refractivity contribution in [3.8, 4) is 0 Å². The summed E-state index contributed by atoms with van der Waals surface area (Å²) in [5.74, 6) is 0.964. The van der Waals surface area contributed by atoms with E-state index in [1.165, 1.54) is 11.3 Å². The number of nitrogens with one attached hydrogen (secondary N) is 1. The molecule has 19 heavy (non-hydrogen) atoms. The van der Waals surface area contributed by atoms with Gasteiger partial charge in [-0.25, -0.2) is 4.79 Å². The van der Waals surface area contributed by atoms with Crippen LogP contribution in [0.2, 0.25) is 0 Å². The van der Waals surface area contributed by atoms with Crippen LogP contribution in [0.1, 0.15) is 44.6 Å². The minimum absolute atomic E-state index is 0.174. The van der Waals surface area contributed by atoms with Crippen molar-refractivity contribution in [2.24, 2.45) is 0 Å². The normalized spacial score (nSPS) is 12.6. The van der Waals surface area contributed by atoms with Gasteiger partial charge in [-0.05, 0) is 39.0 Å². The van der Waals surface area contributed by atoms with Gasteiger partial charge in [0.15, 0.2) is 0 Å². The molecule has 0 aliphatic carbocycles. The van der Waals surface area contributed by atoms with Gasteiger partial charge < -0.3 is 14.8 Å². The third-order valence-corrected chi connectivity index (χ3v) is 4.07. The van der Waals surface area contributed by atoms with E-state index in [1.807, 2.05) is 26.0 Å². The van der Waals surface area contributed by atoms with Crippen molar-refractivity contribution < 1.29 is 14.3 Å². The molecule has 5 heteroatoms. The molecule has 0 aliphatic rings. The number of carbonyl (C=O) groups is 1. The first kappa shape index (κ1) is 13.8. The topological polar surface area (TPSA) is 62.5 Å². The Bertz CT molecular complexity index is 585. The van der Waals surface area contributed by atoms with Gasteiger partial charge in [0, 0.05) is 23.0 Å². The number of hydrogen-bond donors (Lipinski definition) is 2. The Morgan fingerprint density at radius 3 is 2.74 bits per heavy atom. The van der Waals surface area contributed by atoms with E-state index >= 15 is 0 Å². The number of carboxylic acids is 1. The molecule has 0 fully saturated rings. The molecule has 0 bridgehead atoms. The first-order chi connectivity index (χ1) is 8.97. The molecule has 2 heterocycles. The molecule has 0 amide bonds. The van der Waals surface area contributed by atoms with Gasteiger partial charge in [0.25, 0.3) is 0 Å². The van der Waals surface area contributed by atoms with Crippen LogP contribution in [0.4, 0.5) is 0 Å². The Morgan fingerprint density at radius 2 is 2.21 bits per heavy atom. The summed E-state index contributed by atoms with van der Waals surface area (Å²) in [6, 6.07) is 5.70. The van der Waals surface area contributed by atoms with Crippen molar-refractivity contribution in [2.45, 2.75) is 33.4 Å². The fraction of sp³-hybridized carbons (Fsp3) is 0.357. The molecule has 0 saturated heterocycles. The summed E-state index contributed by atoms with van der Waals surface area (Å²) in [7, 11) is 0. The van der Waals surface area contributed by atoms with E-state index in [0.29, 0.717) is 11.4 Å². The quantitative estimate of drug-likeness (QED) is 0.879. The predicted octanol–water partition coefficient (Wildman–Crippen LogP) is 3.51. The Hall–Kier alpha value is -1.59. The van der Waals surface area contributed by atoms with E-state index in [4.69, 9.17) is 9.52 Å². The van der Waals surface area contributed by atoms with Gasteiger partial charge in [-0.1, -0.05) is 0 Å². The third-order valence-electron chi connectivity index (χ3n) is 3.00. The lowest BCUT2D eigenvalue weighted by atomic mass is 10.1. The maximum atomic E-state index is 10.8. The van der Waals surface area contributed by atoms with Crippen molar-refractivity contribution in [1.82, 2.24) is 5.32 Å². The summed E-state index contributed by atoms with van der Waals surface area (Å²) in [6.07, 6.45) is 0. The maximum Gasteiger partial charge on any atom is 0.345 e. The second kappa shape index (κ2) is 5.59. The van der Waals surface area contributed by atoms with E-state index in [1.54, 1.807) is 6.07 Å². The van der Waals surface area contributed by atoms with Crippen LogP contribution in [-0.2, 0) is 6.54 Å². The van der Waals surface area contributed by atoms with Gasteiger partial charge >= 0.3 is 5.97 Å². The first-order valence-corrected chi connectivity index (χ1v) is 6.91. The van der Waals surface area contributed by atoms with Crippen LogP contribution < -0.4 is 5.32 Å². The fourth-order valence-electron chi connectivity index (χ4n) is 2.03. The summed E-state index contributed by atoms with van der Waals surface area (Å²) in [6.45, 7) is 6.61. The summed E-state index contributed by atoms with van der Waals surface area (Å²) in [4.78, 5) is 12.2. The largest absolute Gasteiger partial charge is 0.477 e. The van der Waals surface area contributed by atoms with Crippen LogP contribution in [0.5, 0.6) is 0 Å². The molecule has 1 atom stereocenters. The average molecular weight is 279 g/mol. The Balaban J connectivity index is 1.98. The van der Waals surface area contributed by atoms with E-state index in [0.717, 1.165) is 22.0 Å². The highest BCUT2D eigenvalue weighted by atomic mass is 32.1. The fourth-order valence-corrected chi connectivity index (χ4v) is 2.83. The molecule has 1 unspecified atom stereocenters. The highest BCUT2D eigenvalue weighted by Crippen LogP contribution is 2.22. The van der Waals surface area contributed by atoms with Gasteiger partial charge in [0.2, 0.25) is 0 Å². The molecular weight excluding hydrogens is 262 g/mol. The van der Waals surface area contributed by atoms with Crippen LogP contribution in [0.15, 0.2) is 22.6 Å². The van der Waals surface area contributed by atoms with Crippen molar-refractivity contribution in [1.29, 1.82) is 0 Å². The highest BCUT2D eigenvalue weighted by molar-refractivity contribution is 7.13. The molecular formula is C14H17NO3S. The molecule has 0 aliphatic heterocycles. The number of aryl methyl sites for hydroxylation is 2. The molecule has 0 saturated carbocycles. The Morgan fingerprint density at radius 1 is 1.47 bits per heavy atom. The SMILES string of the molecule is Cc1cc(C(C)NCc2ccc(C(=O)O)s2)c(C)o1. The molecule has 0 radical (unpaired) electrons. The lowest BCUT2D eigenvalue weighted by Crippen LogP contribution is -2.17. The first-order valence-electron chi connectivity index (χ1n) is 6.09. The zero-order chi connectivity index (χ0) is 14.0. The molecule has 0 aromatic carbocycles. The second-order valence-corrected chi connectivity index (χ2v) is 5.71. The zero-order valence-corrected chi connectivity index (χ0v) is 12.0. The average Bonchev–Trinajstić information content (AvgIpc) is 2.93. The number of carboxylic acid groups (broad SMARTS) is 1. The number of hydrogen-bond acceptors (Lipinski definition) is 4. The Labute approximate surface area is 116 Å². The highest BCUT2D eigenvalue weighted by Gasteiger charge is 2.13. The van der Waals surface area contributed by atoms with Crippen molar-refractivity contribution in [3.63, 3.8) is 0 Å². The van der Waals surface area contributed by atoms with Gasteiger partial charge in [0.1, 0.15) is 16.4 Å². The number of aromatic carboxylic acids is 1. The second-order valence-electron chi connectivity index (χ2n) is 4.54. The van der Waals surface area contributed by atoms with Crippen molar-refractivity contribution >= 4 is 17.3 Å². The van der Waals surface area contributed by atoms with Crippen LogP contribution >= 0.6 is 11.3 Å². The zero-order valence-electron chi connectivity index (χ0n) is 11.2. The molecule has 4 nitrogen and oxygen atoms in total. The number of thiophene rings is 1. The smallest absolute Gasteiger partial charge is 0.345 e. The molecule has 2 rings (SSSR count). The van der Waals surface area contributed by atoms with Gasteiger partial charge in [-0.3, -0.25) is 0 Å². The molecule has 2 N–H and O–H groups in total. The summed E-state index contributed by atoms with van der Waals surface area (Å²) in [5, 5.41) is 12.2. The predicted molar refractivity (Wildman–Crippen MR) is 74.7 cm³/mol. The number of furan rings is 1. The summed E-state index contributed by atoms with van der Waals surface area (Å²) in [5.41, 5.74) is 1.15. The molecule has 102 valence electrons. The van der Waals surface area contributed by atoms with Gasteiger partial charge in [0.05, 0.1) is 0 Å². The van der Waals surface area contributed by atoms with E-state index in [-0.39, 0.29) is 6.04 Å². The maximum absolute atomic E-state index is 10.8. The minimum atomic E-state index is -0.870. The lowest BCUT2D eigenvalue weighted by molar-refractivity contribution is 0.0702. The summed E-state index contributed by atoms with van der Waals surface area (Å²) >= 11 is 1.30. The Kier molecular flexibility index (Phi) is 4.07. The third kappa shape index (κ3) is 3.24. The lowest BCUT2D eigenvalue weighted by Gasteiger charge is -2.12. The molecule has 2 aromatic heterocycles. The summed E-state index contributed by atoms with van der Waals surface area (Å²) < 4.78 is 5.51. The van der Waals surface area contributed by atoms with Crippen LogP contribution in [0, 0.1) is 13.8 Å². The number of rotatable bonds is 5.